The molecule has 2 N–H and O–H groups in total. The molecule has 0 bridgehead atoms. The van der Waals surface area contributed by atoms with Crippen molar-refractivity contribution in [1.29, 1.82) is 0 Å². The van der Waals surface area contributed by atoms with Crippen LogP contribution in [0, 0.1) is 6.92 Å². The monoisotopic (exact) mass is 300 g/mol. The van der Waals surface area contributed by atoms with Gasteiger partial charge >= 0.3 is 6.03 Å². The van der Waals surface area contributed by atoms with Crippen molar-refractivity contribution in [2.45, 2.75) is 13.5 Å². The van der Waals surface area contributed by atoms with Gasteiger partial charge in [-0.05, 0) is 36.8 Å². The number of carbonyl (C=O) groups excluding carboxylic acids is 1. The standard InChI is InChI=1S/C17H20N2O3/c1-12-15(19-17(20)18-2)8-5-9-16(12)22-11-13-6-4-7-14(10-13)21-3/h4-10H,11H2,1-3H3,(H2,18,19,20). The van der Waals surface area contributed by atoms with Gasteiger partial charge in [-0.25, -0.2) is 4.79 Å². The van der Waals surface area contributed by atoms with Gasteiger partial charge in [0.15, 0.2) is 0 Å². The summed E-state index contributed by atoms with van der Waals surface area (Å²) in [6.45, 7) is 2.34. The molecule has 0 heterocycles. The van der Waals surface area contributed by atoms with Crippen molar-refractivity contribution in [1.82, 2.24) is 5.32 Å². The number of hydrogen-bond acceptors (Lipinski definition) is 3. The fourth-order valence-corrected chi connectivity index (χ4v) is 2.01. The van der Waals surface area contributed by atoms with E-state index in [0.29, 0.717) is 6.61 Å². The SMILES string of the molecule is CNC(=O)Nc1cccc(OCc2cccc(OC)c2)c1C. The average Bonchev–Trinajstić information content (AvgIpc) is 2.55. The Morgan fingerprint density at radius 2 is 1.95 bits per heavy atom. The zero-order valence-corrected chi connectivity index (χ0v) is 13.0. The second kappa shape index (κ2) is 7.36. The normalized spacial score (nSPS) is 9.95. The Hall–Kier alpha value is -2.69. The summed E-state index contributed by atoms with van der Waals surface area (Å²) >= 11 is 0. The van der Waals surface area contributed by atoms with Crippen molar-refractivity contribution in [2.75, 3.05) is 19.5 Å². The van der Waals surface area contributed by atoms with E-state index in [1.165, 1.54) is 0 Å². The van der Waals surface area contributed by atoms with Gasteiger partial charge in [-0.2, -0.15) is 0 Å². The van der Waals surface area contributed by atoms with Crippen LogP contribution in [0.4, 0.5) is 10.5 Å². The van der Waals surface area contributed by atoms with E-state index in [1.807, 2.05) is 49.4 Å². The summed E-state index contributed by atoms with van der Waals surface area (Å²) in [5.41, 5.74) is 2.62. The molecule has 0 saturated heterocycles. The molecule has 0 radical (unpaired) electrons. The maximum Gasteiger partial charge on any atom is 0.318 e. The molecule has 2 aromatic rings. The molecule has 0 atom stereocenters. The Morgan fingerprint density at radius 3 is 2.68 bits per heavy atom. The first-order valence-electron chi connectivity index (χ1n) is 6.98. The van der Waals surface area contributed by atoms with Crippen LogP contribution < -0.4 is 20.1 Å². The third-order valence-electron chi connectivity index (χ3n) is 3.29. The van der Waals surface area contributed by atoms with Crippen molar-refractivity contribution >= 4 is 11.7 Å². The lowest BCUT2D eigenvalue weighted by Gasteiger charge is -2.13. The van der Waals surface area contributed by atoms with Crippen LogP contribution in [0.25, 0.3) is 0 Å². The van der Waals surface area contributed by atoms with Crippen LogP contribution in [-0.2, 0) is 6.61 Å². The topological polar surface area (TPSA) is 59.6 Å². The van der Waals surface area contributed by atoms with Crippen LogP contribution >= 0.6 is 0 Å². The van der Waals surface area contributed by atoms with E-state index in [4.69, 9.17) is 9.47 Å². The second-order valence-corrected chi connectivity index (χ2v) is 4.77. The Morgan fingerprint density at radius 1 is 1.18 bits per heavy atom. The summed E-state index contributed by atoms with van der Waals surface area (Å²) in [7, 11) is 3.21. The first kappa shape index (κ1) is 15.7. The average molecular weight is 300 g/mol. The summed E-state index contributed by atoms with van der Waals surface area (Å²) in [6, 6.07) is 13.0. The first-order valence-corrected chi connectivity index (χ1v) is 6.98. The zero-order valence-electron chi connectivity index (χ0n) is 13.0. The van der Waals surface area contributed by atoms with Crippen molar-refractivity contribution in [2.24, 2.45) is 0 Å². The largest absolute Gasteiger partial charge is 0.497 e. The number of hydrogen-bond donors (Lipinski definition) is 2. The molecule has 2 rings (SSSR count). The highest BCUT2D eigenvalue weighted by molar-refractivity contribution is 5.90. The summed E-state index contributed by atoms with van der Waals surface area (Å²) in [6.07, 6.45) is 0. The highest BCUT2D eigenvalue weighted by Crippen LogP contribution is 2.26. The summed E-state index contributed by atoms with van der Waals surface area (Å²) < 4.78 is 11.0. The molecule has 0 spiro atoms. The quantitative estimate of drug-likeness (QED) is 0.890. The van der Waals surface area contributed by atoms with E-state index in [9.17, 15) is 4.79 Å². The van der Waals surface area contributed by atoms with Gasteiger partial charge < -0.3 is 20.1 Å². The molecule has 0 saturated carbocycles. The van der Waals surface area contributed by atoms with Crippen LogP contribution in [-0.4, -0.2) is 20.2 Å². The van der Waals surface area contributed by atoms with Crippen molar-refractivity contribution in [3.8, 4) is 11.5 Å². The highest BCUT2D eigenvalue weighted by Gasteiger charge is 2.07. The zero-order chi connectivity index (χ0) is 15.9. The number of nitrogens with one attached hydrogen (secondary N) is 2. The molecule has 0 aliphatic rings. The van der Waals surface area contributed by atoms with E-state index in [0.717, 1.165) is 28.3 Å². The predicted molar refractivity (Wildman–Crippen MR) is 86.6 cm³/mol. The molecule has 22 heavy (non-hydrogen) atoms. The molecule has 0 unspecified atom stereocenters. The van der Waals surface area contributed by atoms with Crippen LogP contribution in [0.3, 0.4) is 0 Å². The number of benzene rings is 2. The third kappa shape index (κ3) is 3.91. The lowest BCUT2D eigenvalue weighted by atomic mass is 10.1. The Balaban J connectivity index is 2.09. The Labute approximate surface area is 130 Å². The molecule has 5 heteroatoms. The number of ether oxygens (including phenoxy) is 2. The van der Waals surface area contributed by atoms with Gasteiger partial charge in [-0.3, -0.25) is 0 Å². The number of methoxy groups -OCH3 is 1. The molecular weight excluding hydrogens is 280 g/mol. The van der Waals surface area contributed by atoms with Gasteiger partial charge in [0.05, 0.1) is 7.11 Å². The fourth-order valence-electron chi connectivity index (χ4n) is 2.01. The van der Waals surface area contributed by atoms with Crippen LogP contribution in [0.1, 0.15) is 11.1 Å². The van der Waals surface area contributed by atoms with Gasteiger partial charge in [0.25, 0.3) is 0 Å². The second-order valence-electron chi connectivity index (χ2n) is 4.77. The van der Waals surface area contributed by atoms with Crippen LogP contribution in [0.2, 0.25) is 0 Å². The number of amides is 2. The molecule has 116 valence electrons. The minimum atomic E-state index is -0.256. The molecule has 0 aliphatic carbocycles. The van der Waals surface area contributed by atoms with E-state index in [1.54, 1.807) is 14.2 Å². The Bertz CT molecular complexity index is 656. The highest BCUT2D eigenvalue weighted by atomic mass is 16.5. The molecule has 5 nitrogen and oxygen atoms in total. The molecule has 2 amide bonds. The van der Waals surface area contributed by atoms with Gasteiger partial charge in [-0.15, -0.1) is 0 Å². The molecule has 0 aliphatic heterocycles. The third-order valence-corrected chi connectivity index (χ3v) is 3.29. The van der Waals surface area contributed by atoms with Crippen LogP contribution in [0.15, 0.2) is 42.5 Å². The number of carbonyl (C=O) groups is 1. The number of urea groups is 1. The van der Waals surface area contributed by atoms with Crippen molar-refractivity contribution < 1.29 is 14.3 Å². The smallest absolute Gasteiger partial charge is 0.318 e. The van der Waals surface area contributed by atoms with Crippen molar-refractivity contribution in [3.05, 3.63) is 53.6 Å². The molecular formula is C17H20N2O3. The summed E-state index contributed by atoms with van der Waals surface area (Å²) in [5, 5.41) is 5.29. The molecule has 0 aromatic heterocycles. The maximum absolute atomic E-state index is 11.4. The first-order chi connectivity index (χ1) is 10.6. The maximum atomic E-state index is 11.4. The molecule has 0 fully saturated rings. The predicted octanol–water partition coefficient (Wildman–Crippen LogP) is 3.33. The fraction of sp³-hybridized carbons (Fsp3) is 0.235. The lowest BCUT2D eigenvalue weighted by Crippen LogP contribution is -2.24. The number of rotatable bonds is 5. The van der Waals surface area contributed by atoms with E-state index in [-0.39, 0.29) is 6.03 Å². The number of anilines is 1. The van der Waals surface area contributed by atoms with Gasteiger partial charge in [0.1, 0.15) is 18.1 Å². The summed E-state index contributed by atoms with van der Waals surface area (Å²) in [4.78, 5) is 11.4. The van der Waals surface area contributed by atoms with Gasteiger partial charge in [0, 0.05) is 18.3 Å². The minimum Gasteiger partial charge on any atom is -0.497 e. The van der Waals surface area contributed by atoms with E-state index >= 15 is 0 Å². The van der Waals surface area contributed by atoms with Crippen LogP contribution in [0.5, 0.6) is 11.5 Å². The summed E-state index contributed by atoms with van der Waals surface area (Å²) in [5.74, 6) is 1.53. The van der Waals surface area contributed by atoms with E-state index < -0.39 is 0 Å². The van der Waals surface area contributed by atoms with E-state index in [2.05, 4.69) is 10.6 Å². The Kier molecular flexibility index (Phi) is 5.25. The van der Waals surface area contributed by atoms with Gasteiger partial charge in [0.2, 0.25) is 0 Å². The molecule has 2 aromatic carbocycles. The lowest BCUT2D eigenvalue weighted by molar-refractivity contribution is 0.254. The minimum absolute atomic E-state index is 0.256. The van der Waals surface area contributed by atoms with Crippen molar-refractivity contribution in [3.63, 3.8) is 0 Å². The van der Waals surface area contributed by atoms with Gasteiger partial charge in [-0.1, -0.05) is 18.2 Å².